The predicted octanol–water partition coefficient (Wildman–Crippen LogP) is 1.65. The highest BCUT2D eigenvalue weighted by Gasteiger charge is 2.23. The molecule has 6 nitrogen and oxygen atoms in total. The van der Waals surface area contributed by atoms with E-state index in [9.17, 15) is 4.79 Å². The van der Waals surface area contributed by atoms with Crippen molar-refractivity contribution >= 4 is 11.7 Å². The molecule has 6 heteroatoms. The molecule has 1 aromatic carbocycles. The Kier molecular flexibility index (Phi) is 4.52. The first-order valence-corrected chi connectivity index (χ1v) is 8.61. The van der Waals surface area contributed by atoms with Crippen molar-refractivity contribution in [2.24, 2.45) is 0 Å². The number of pyridine rings is 1. The van der Waals surface area contributed by atoms with Crippen LogP contribution in [0.3, 0.4) is 0 Å². The third-order valence-corrected chi connectivity index (χ3v) is 4.55. The van der Waals surface area contributed by atoms with Crippen LogP contribution in [0.5, 0.6) is 5.75 Å². The quantitative estimate of drug-likeness (QED) is 0.918. The number of ether oxygens (including phenoxy) is 2. The lowest BCUT2D eigenvalue weighted by Gasteiger charge is -2.27. The maximum absolute atomic E-state index is 12.3. The molecule has 130 valence electrons. The molecular formula is C19H21N3O3. The number of hydrogen-bond acceptors (Lipinski definition) is 5. The molecule has 1 atom stereocenters. The van der Waals surface area contributed by atoms with Crippen LogP contribution >= 0.6 is 0 Å². The van der Waals surface area contributed by atoms with Crippen LogP contribution in [-0.2, 0) is 11.2 Å². The number of benzene rings is 1. The Hall–Kier alpha value is -2.60. The van der Waals surface area contributed by atoms with E-state index >= 15 is 0 Å². The van der Waals surface area contributed by atoms with Crippen molar-refractivity contribution in [3.63, 3.8) is 0 Å². The zero-order valence-electron chi connectivity index (χ0n) is 14.0. The normalized spacial score (nSPS) is 19.2. The van der Waals surface area contributed by atoms with Gasteiger partial charge in [0, 0.05) is 25.7 Å². The first kappa shape index (κ1) is 15.9. The Balaban J connectivity index is 1.31. The Morgan fingerprint density at radius 3 is 2.80 bits per heavy atom. The topological polar surface area (TPSA) is 63.7 Å². The predicted molar refractivity (Wildman–Crippen MR) is 94.2 cm³/mol. The van der Waals surface area contributed by atoms with E-state index in [1.165, 1.54) is 5.56 Å². The average molecular weight is 339 g/mol. The smallest absolute Gasteiger partial charge is 0.252 e. The summed E-state index contributed by atoms with van der Waals surface area (Å²) >= 11 is 0. The molecule has 2 aliphatic rings. The van der Waals surface area contributed by atoms with Gasteiger partial charge in [0.1, 0.15) is 17.7 Å². The molecular weight excluding hydrogens is 318 g/mol. The third kappa shape index (κ3) is 3.58. The number of nitrogens with zero attached hydrogens (tertiary/aromatic N) is 2. The zero-order valence-corrected chi connectivity index (χ0v) is 14.0. The largest absolute Gasteiger partial charge is 0.488 e. The molecule has 4 rings (SSSR count). The molecule has 1 amide bonds. The van der Waals surface area contributed by atoms with Gasteiger partial charge >= 0.3 is 0 Å². The van der Waals surface area contributed by atoms with Crippen LogP contribution in [0.1, 0.15) is 15.9 Å². The molecule has 25 heavy (non-hydrogen) atoms. The number of rotatable bonds is 4. The van der Waals surface area contributed by atoms with Crippen LogP contribution in [-0.4, -0.2) is 49.8 Å². The molecule has 1 N–H and O–H groups in total. The standard InChI is InChI=1S/C19H21N3O3/c23-19(21-13-16-11-14-3-1-2-4-17(14)25-16)15-5-6-18(20-12-15)22-7-9-24-10-8-22/h1-6,12,16H,7-11,13H2,(H,21,23)/t16-/m0/s1. The number of morpholine rings is 1. The number of carbonyl (C=O) groups is 1. The Bertz CT molecular complexity index is 717. The summed E-state index contributed by atoms with van der Waals surface area (Å²) in [4.78, 5) is 18.9. The van der Waals surface area contributed by atoms with E-state index in [1.807, 2.05) is 30.3 Å². The molecule has 1 aromatic heterocycles. The van der Waals surface area contributed by atoms with Crippen LogP contribution in [0.2, 0.25) is 0 Å². The maximum atomic E-state index is 12.3. The number of fused-ring (bicyclic) bond motifs is 1. The number of para-hydroxylation sites is 1. The Morgan fingerprint density at radius 1 is 1.20 bits per heavy atom. The second-order valence-electron chi connectivity index (χ2n) is 6.27. The van der Waals surface area contributed by atoms with E-state index in [2.05, 4.69) is 21.3 Å². The summed E-state index contributed by atoms with van der Waals surface area (Å²) in [6.45, 7) is 3.58. The molecule has 1 saturated heterocycles. The minimum absolute atomic E-state index is 0.0121. The van der Waals surface area contributed by atoms with Gasteiger partial charge in [-0.15, -0.1) is 0 Å². The molecule has 3 heterocycles. The SMILES string of the molecule is O=C(NC[C@@H]1Cc2ccccc2O1)c1ccc(N2CCOCC2)nc1. The van der Waals surface area contributed by atoms with Gasteiger partial charge in [-0.05, 0) is 23.8 Å². The van der Waals surface area contributed by atoms with Crippen molar-refractivity contribution in [3.8, 4) is 5.75 Å². The van der Waals surface area contributed by atoms with Crippen molar-refractivity contribution in [1.29, 1.82) is 0 Å². The molecule has 0 radical (unpaired) electrons. The van der Waals surface area contributed by atoms with Crippen molar-refractivity contribution in [3.05, 3.63) is 53.7 Å². The first-order valence-electron chi connectivity index (χ1n) is 8.61. The van der Waals surface area contributed by atoms with Crippen LogP contribution in [0.25, 0.3) is 0 Å². The van der Waals surface area contributed by atoms with E-state index in [-0.39, 0.29) is 12.0 Å². The van der Waals surface area contributed by atoms with Crippen LogP contribution < -0.4 is 15.0 Å². The monoisotopic (exact) mass is 339 g/mol. The summed E-state index contributed by atoms with van der Waals surface area (Å²) in [5, 5.41) is 2.94. The van der Waals surface area contributed by atoms with Crippen molar-refractivity contribution in [2.75, 3.05) is 37.7 Å². The molecule has 0 aliphatic carbocycles. The number of carbonyl (C=O) groups excluding carboxylic acids is 1. The van der Waals surface area contributed by atoms with Gasteiger partial charge in [0.05, 0.1) is 25.3 Å². The fourth-order valence-corrected chi connectivity index (χ4v) is 3.18. The number of hydrogen-bond donors (Lipinski definition) is 1. The van der Waals surface area contributed by atoms with E-state index in [0.717, 1.165) is 31.1 Å². The number of amides is 1. The summed E-state index contributed by atoms with van der Waals surface area (Å²) in [6, 6.07) is 11.7. The molecule has 0 bridgehead atoms. The highest BCUT2D eigenvalue weighted by atomic mass is 16.5. The maximum Gasteiger partial charge on any atom is 0.252 e. The first-order chi connectivity index (χ1) is 12.3. The van der Waals surface area contributed by atoms with Crippen LogP contribution in [0.15, 0.2) is 42.6 Å². The lowest BCUT2D eigenvalue weighted by atomic mass is 10.1. The zero-order chi connectivity index (χ0) is 17.1. The summed E-state index contributed by atoms with van der Waals surface area (Å²) in [5.41, 5.74) is 1.76. The van der Waals surface area contributed by atoms with Crippen molar-refractivity contribution < 1.29 is 14.3 Å². The summed E-state index contributed by atoms with van der Waals surface area (Å²) in [6.07, 6.45) is 2.44. The fourth-order valence-electron chi connectivity index (χ4n) is 3.18. The highest BCUT2D eigenvalue weighted by Crippen LogP contribution is 2.27. The molecule has 2 aromatic rings. The minimum Gasteiger partial charge on any atom is -0.488 e. The van der Waals surface area contributed by atoms with Gasteiger partial charge in [0.25, 0.3) is 5.91 Å². The Labute approximate surface area is 146 Å². The van der Waals surface area contributed by atoms with Crippen LogP contribution in [0.4, 0.5) is 5.82 Å². The van der Waals surface area contributed by atoms with Gasteiger partial charge in [-0.25, -0.2) is 4.98 Å². The van der Waals surface area contributed by atoms with Crippen molar-refractivity contribution in [2.45, 2.75) is 12.5 Å². The molecule has 0 unspecified atom stereocenters. The second-order valence-corrected chi connectivity index (χ2v) is 6.27. The minimum atomic E-state index is -0.124. The lowest BCUT2D eigenvalue weighted by Crippen LogP contribution is -2.37. The number of anilines is 1. The molecule has 2 aliphatic heterocycles. The molecule has 0 spiro atoms. The van der Waals surface area contributed by atoms with Gasteiger partial charge in [-0.1, -0.05) is 18.2 Å². The summed E-state index contributed by atoms with van der Waals surface area (Å²) in [7, 11) is 0. The van der Waals surface area contributed by atoms with Gasteiger partial charge in [-0.2, -0.15) is 0 Å². The summed E-state index contributed by atoms with van der Waals surface area (Å²) in [5.74, 6) is 1.67. The van der Waals surface area contributed by atoms with E-state index in [1.54, 1.807) is 6.20 Å². The fraction of sp³-hybridized carbons (Fsp3) is 0.368. The van der Waals surface area contributed by atoms with Gasteiger partial charge in [0.2, 0.25) is 0 Å². The van der Waals surface area contributed by atoms with E-state index in [0.29, 0.717) is 25.3 Å². The van der Waals surface area contributed by atoms with E-state index in [4.69, 9.17) is 9.47 Å². The number of aromatic nitrogens is 1. The molecule has 0 saturated carbocycles. The second kappa shape index (κ2) is 7.11. The highest BCUT2D eigenvalue weighted by molar-refractivity contribution is 5.94. The third-order valence-electron chi connectivity index (χ3n) is 4.55. The lowest BCUT2D eigenvalue weighted by molar-refractivity contribution is 0.0933. The van der Waals surface area contributed by atoms with Gasteiger partial charge < -0.3 is 19.7 Å². The van der Waals surface area contributed by atoms with Gasteiger partial charge in [0.15, 0.2) is 0 Å². The van der Waals surface area contributed by atoms with Crippen molar-refractivity contribution in [1.82, 2.24) is 10.3 Å². The Morgan fingerprint density at radius 2 is 2.04 bits per heavy atom. The summed E-state index contributed by atoms with van der Waals surface area (Å²) < 4.78 is 11.2. The number of nitrogens with one attached hydrogen (secondary N) is 1. The molecule has 1 fully saturated rings. The van der Waals surface area contributed by atoms with E-state index < -0.39 is 0 Å². The average Bonchev–Trinajstić information content (AvgIpc) is 3.10. The van der Waals surface area contributed by atoms with Crippen LogP contribution in [0, 0.1) is 0 Å². The van der Waals surface area contributed by atoms with Gasteiger partial charge in [-0.3, -0.25) is 4.79 Å².